The molecular weight excluding hydrogens is 158 g/mol. The molecule has 2 N–H and O–H groups in total. The Labute approximate surface area is 80.3 Å². The highest BCUT2D eigenvalue weighted by Crippen LogP contribution is 2.24. The van der Waals surface area contributed by atoms with E-state index in [4.69, 9.17) is 5.73 Å². The summed E-state index contributed by atoms with van der Waals surface area (Å²) in [5.41, 5.74) is 10.8. The predicted molar refractivity (Wildman–Crippen MR) is 57.7 cm³/mol. The fraction of sp³-hybridized carbons (Fsp3) is 0.333. The lowest BCUT2D eigenvalue weighted by Gasteiger charge is -2.17. The Kier molecular flexibility index (Phi) is 2.89. The second-order valence-corrected chi connectivity index (χ2v) is 3.63. The maximum Gasteiger partial charge on any atom is 0.0510 e. The summed E-state index contributed by atoms with van der Waals surface area (Å²) in [6, 6.07) is 6.21. The summed E-state index contributed by atoms with van der Waals surface area (Å²) in [6.07, 6.45) is 0. The van der Waals surface area contributed by atoms with Crippen molar-refractivity contribution in [3.05, 3.63) is 47.0 Å². The summed E-state index contributed by atoms with van der Waals surface area (Å²) in [7, 11) is 0. The van der Waals surface area contributed by atoms with Crippen LogP contribution >= 0.6 is 0 Å². The van der Waals surface area contributed by atoms with Gasteiger partial charge >= 0.3 is 0 Å². The fourth-order valence-corrected chi connectivity index (χ4v) is 1.56. The Hall–Kier alpha value is -1.08. The molecule has 1 nitrogen and oxygen atoms in total. The van der Waals surface area contributed by atoms with Crippen LogP contribution in [0.3, 0.4) is 0 Å². The Bertz CT molecular complexity index is 306. The van der Waals surface area contributed by atoms with Crippen LogP contribution in [-0.4, -0.2) is 0 Å². The average Bonchev–Trinajstić information content (AvgIpc) is 2.03. The van der Waals surface area contributed by atoms with E-state index in [9.17, 15) is 0 Å². The van der Waals surface area contributed by atoms with Gasteiger partial charge in [0.2, 0.25) is 0 Å². The van der Waals surface area contributed by atoms with Gasteiger partial charge in [0, 0.05) is 0 Å². The van der Waals surface area contributed by atoms with Gasteiger partial charge in [-0.15, -0.1) is 0 Å². The van der Waals surface area contributed by atoms with Gasteiger partial charge in [0.25, 0.3) is 0 Å². The minimum Gasteiger partial charge on any atom is -0.321 e. The first-order chi connectivity index (χ1) is 6.04. The standard InChI is InChI=1S/C12H17N/c1-8(2)12(13)11-9(3)6-5-7-10(11)4/h5-7,12H,1,13H2,2-4H3. The monoisotopic (exact) mass is 175 g/mol. The molecule has 1 aromatic carbocycles. The molecule has 0 saturated heterocycles. The summed E-state index contributed by atoms with van der Waals surface area (Å²) in [4.78, 5) is 0. The van der Waals surface area contributed by atoms with E-state index in [1.165, 1.54) is 16.7 Å². The Morgan fingerprint density at radius 1 is 1.31 bits per heavy atom. The van der Waals surface area contributed by atoms with E-state index in [2.05, 4.69) is 38.6 Å². The van der Waals surface area contributed by atoms with Crippen LogP contribution in [0.15, 0.2) is 30.4 Å². The van der Waals surface area contributed by atoms with Gasteiger partial charge in [0.05, 0.1) is 6.04 Å². The molecule has 13 heavy (non-hydrogen) atoms. The second kappa shape index (κ2) is 3.75. The molecule has 1 unspecified atom stereocenters. The highest BCUT2D eigenvalue weighted by molar-refractivity contribution is 5.39. The zero-order chi connectivity index (χ0) is 10.0. The first-order valence-corrected chi connectivity index (χ1v) is 4.51. The largest absolute Gasteiger partial charge is 0.321 e. The van der Waals surface area contributed by atoms with Gasteiger partial charge in [-0.1, -0.05) is 30.4 Å². The van der Waals surface area contributed by atoms with Crippen LogP contribution < -0.4 is 5.73 Å². The highest BCUT2D eigenvalue weighted by Gasteiger charge is 2.11. The summed E-state index contributed by atoms with van der Waals surface area (Å²) in [6.45, 7) is 10.0. The topological polar surface area (TPSA) is 26.0 Å². The molecular formula is C12H17N. The van der Waals surface area contributed by atoms with Crippen molar-refractivity contribution in [1.82, 2.24) is 0 Å². The molecule has 0 aromatic heterocycles. The van der Waals surface area contributed by atoms with Crippen molar-refractivity contribution in [3.63, 3.8) is 0 Å². The molecule has 70 valence electrons. The maximum absolute atomic E-state index is 6.04. The minimum absolute atomic E-state index is 0.0267. The molecule has 1 heteroatoms. The third-order valence-corrected chi connectivity index (χ3v) is 2.38. The van der Waals surface area contributed by atoms with Gasteiger partial charge in [0.1, 0.15) is 0 Å². The summed E-state index contributed by atoms with van der Waals surface area (Å²) < 4.78 is 0. The van der Waals surface area contributed by atoms with Crippen LogP contribution in [0.25, 0.3) is 0 Å². The molecule has 0 spiro atoms. The lowest BCUT2D eigenvalue weighted by Crippen LogP contribution is -2.13. The minimum atomic E-state index is -0.0267. The van der Waals surface area contributed by atoms with Gasteiger partial charge < -0.3 is 5.73 Å². The third kappa shape index (κ3) is 1.99. The molecule has 0 radical (unpaired) electrons. The molecule has 0 aliphatic rings. The van der Waals surface area contributed by atoms with Crippen molar-refractivity contribution >= 4 is 0 Å². The first kappa shape index (κ1) is 10.0. The molecule has 0 saturated carbocycles. The summed E-state index contributed by atoms with van der Waals surface area (Å²) in [5.74, 6) is 0. The lowest BCUT2D eigenvalue weighted by atomic mass is 9.93. The Morgan fingerprint density at radius 2 is 1.77 bits per heavy atom. The normalized spacial score (nSPS) is 12.6. The van der Waals surface area contributed by atoms with E-state index in [0.29, 0.717) is 0 Å². The van der Waals surface area contributed by atoms with Crippen molar-refractivity contribution < 1.29 is 0 Å². The van der Waals surface area contributed by atoms with Gasteiger partial charge in [-0.2, -0.15) is 0 Å². The van der Waals surface area contributed by atoms with Crippen molar-refractivity contribution in [2.24, 2.45) is 5.73 Å². The van der Waals surface area contributed by atoms with E-state index in [0.717, 1.165) is 5.57 Å². The van der Waals surface area contributed by atoms with E-state index in [-0.39, 0.29) is 6.04 Å². The summed E-state index contributed by atoms with van der Waals surface area (Å²) in [5, 5.41) is 0. The molecule has 1 aromatic rings. The Balaban J connectivity index is 3.20. The van der Waals surface area contributed by atoms with Crippen LogP contribution in [0.1, 0.15) is 29.7 Å². The van der Waals surface area contributed by atoms with Crippen LogP contribution in [0, 0.1) is 13.8 Å². The molecule has 1 rings (SSSR count). The van der Waals surface area contributed by atoms with E-state index < -0.39 is 0 Å². The first-order valence-electron chi connectivity index (χ1n) is 4.51. The number of aryl methyl sites for hydroxylation is 2. The van der Waals surface area contributed by atoms with E-state index in [1.807, 2.05) is 6.92 Å². The lowest BCUT2D eigenvalue weighted by molar-refractivity contribution is 0.832. The van der Waals surface area contributed by atoms with Crippen LogP contribution in [-0.2, 0) is 0 Å². The van der Waals surface area contributed by atoms with Crippen molar-refractivity contribution in [1.29, 1.82) is 0 Å². The van der Waals surface area contributed by atoms with E-state index >= 15 is 0 Å². The summed E-state index contributed by atoms with van der Waals surface area (Å²) >= 11 is 0. The molecule has 0 aliphatic heterocycles. The quantitative estimate of drug-likeness (QED) is 0.687. The second-order valence-electron chi connectivity index (χ2n) is 3.63. The molecule has 0 fully saturated rings. The van der Waals surface area contributed by atoms with Crippen LogP contribution in [0.2, 0.25) is 0 Å². The third-order valence-electron chi connectivity index (χ3n) is 2.38. The van der Waals surface area contributed by atoms with Crippen LogP contribution in [0.4, 0.5) is 0 Å². The van der Waals surface area contributed by atoms with Crippen molar-refractivity contribution in [3.8, 4) is 0 Å². The molecule has 0 amide bonds. The van der Waals surface area contributed by atoms with Gasteiger partial charge in [-0.3, -0.25) is 0 Å². The molecule has 0 aliphatic carbocycles. The maximum atomic E-state index is 6.04. The number of hydrogen-bond acceptors (Lipinski definition) is 1. The molecule has 1 atom stereocenters. The van der Waals surface area contributed by atoms with Gasteiger partial charge in [-0.05, 0) is 37.5 Å². The van der Waals surface area contributed by atoms with Gasteiger partial charge in [0.15, 0.2) is 0 Å². The number of rotatable bonds is 2. The predicted octanol–water partition coefficient (Wildman–Crippen LogP) is 2.88. The Morgan fingerprint density at radius 3 is 2.15 bits per heavy atom. The number of nitrogens with two attached hydrogens (primary N) is 1. The SMILES string of the molecule is C=C(C)C(N)c1c(C)cccc1C. The van der Waals surface area contributed by atoms with Crippen molar-refractivity contribution in [2.45, 2.75) is 26.8 Å². The number of hydrogen-bond donors (Lipinski definition) is 1. The zero-order valence-corrected chi connectivity index (χ0v) is 8.59. The van der Waals surface area contributed by atoms with E-state index in [1.54, 1.807) is 0 Å². The van der Waals surface area contributed by atoms with Gasteiger partial charge in [-0.25, -0.2) is 0 Å². The average molecular weight is 175 g/mol. The smallest absolute Gasteiger partial charge is 0.0510 e. The highest BCUT2D eigenvalue weighted by atomic mass is 14.6. The molecule has 0 heterocycles. The van der Waals surface area contributed by atoms with Crippen LogP contribution in [0.5, 0.6) is 0 Å². The number of benzene rings is 1. The fourth-order valence-electron chi connectivity index (χ4n) is 1.56. The zero-order valence-electron chi connectivity index (χ0n) is 8.59. The molecule has 0 bridgehead atoms. The van der Waals surface area contributed by atoms with Crippen molar-refractivity contribution in [2.75, 3.05) is 0 Å².